The molecular weight excluding hydrogens is 258 g/mol. The number of oxazole rings is 1. The molecule has 106 valence electrons. The van der Waals surface area contributed by atoms with Gasteiger partial charge in [0.1, 0.15) is 11.5 Å². The molecule has 1 amide bonds. The van der Waals surface area contributed by atoms with Crippen molar-refractivity contribution in [2.45, 2.75) is 45.1 Å². The molecule has 2 rings (SSSR count). The summed E-state index contributed by atoms with van der Waals surface area (Å²) in [5.74, 6) is -2.18. The Morgan fingerprint density at radius 2 is 2.15 bits per heavy atom. The van der Waals surface area contributed by atoms with Gasteiger partial charge in [0, 0.05) is 6.04 Å². The van der Waals surface area contributed by atoms with E-state index in [9.17, 15) is 9.59 Å². The summed E-state index contributed by atoms with van der Waals surface area (Å²) in [4.78, 5) is 28.0. The van der Waals surface area contributed by atoms with Crippen LogP contribution in [0.5, 0.6) is 0 Å². The highest BCUT2D eigenvalue weighted by Crippen LogP contribution is 2.18. The third-order valence-corrected chi connectivity index (χ3v) is 3.58. The summed E-state index contributed by atoms with van der Waals surface area (Å²) in [6, 6.07) is 1.83. The van der Waals surface area contributed by atoms with Crippen LogP contribution in [0.2, 0.25) is 0 Å². The topological polar surface area (TPSA) is 96.0 Å². The van der Waals surface area contributed by atoms with Crippen LogP contribution in [0, 0.1) is 24.2 Å². The summed E-state index contributed by atoms with van der Waals surface area (Å²) in [6.45, 7) is 1.58. The van der Waals surface area contributed by atoms with Gasteiger partial charge in [-0.05, 0) is 19.8 Å². The first-order valence-electron chi connectivity index (χ1n) is 6.77. The molecule has 1 aromatic rings. The molecule has 0 saturated heterocycles. The van der Waals surface area contributed by atoms with Crippen LogP contribution in [-0.4, -0.2) is 22.7 Å². The number of Topliss-reactive ketones (excluding diaryl/α,β-unsaturated/α-hetero) is 1. The van der Waals surface area contributed by atoms with Gasteiger partial charge in [-0.1, -0.05) is 19.3 Å². The number of ketones is 1. The van der Waals surface area contributed by atoms with E-state index in [1.54, 1.807) is 13.0 Å². The normalized spacial score (nSPS) is 17.2. The van der Waals surface area contributed by atoms with Crippen LogP contribution in [0.1, 0.15) is 48.4 Å². The van der Waals surface area contributed by atoms with Gasteiger partial charge >= 0.3 is 0 Å². The lowest BCUT2D eigenvalue weighted by molar-refractivity contribution is -0.123. The SMILES string of the molecule is Cc1ocnc1C(=O)C(C#N)C(=O)NC1CCCCC1. The summed E-state index contributed by atoms with van der Waals surface area (Å²) in [7, 11) is 0. The summed E-state index contributed by atoms with van der Waals surface area (Å²) in [5, 5.41) is 11.9. The molecule has 6 nitrogen and oxygen atoms in total. The predicted octanol–water partition coefficient (Wildman–Crippen LogP) is 1.75. The molecule has 0 aliphatic heterocycles. The predicted molar refractivity (Wildman–Crippen MR) is 69.7 cm³/mol. The molecule has 1 unspecified atom stereocenters. The van der Waals surface area contributed by atoms with E-state index in [1.807, 2.05) is 0 Å². The molecule has 0 bridgehead atoms. The molecule has 1 saturated carbocycles. The van der Waals surface area contributed by atoms with E-state index < -0.39 is 17.6 Å². The number of amides is 1. The number of aryl methyl sites for hydroxylation is 1. The van der Waals surface area contributed by atoms with Crippen LogP contribution >= 0.6 is 0 Å². The molecule has 1 fully saturated rings. The zero-order chi connectivity index (χ0) is 14.5. The minimum atomic E-state index is -1.36. The maximum atomic E-state index is 12.1. The van der Waals surface area contributed by atoms with Crippen molar-refractivity contribution in [2.24, 2.45) is 5.92 Å². The van der Waals surface area contributed by atoms with Crippen LogP contribution in [0.3, 0.4) is 0 Å². The number of carbonyl (C=O) groups excluding carboxylic acids is 2. The number of hydrogen-bond acceptors (Lipinski definition) is 5. The van der Waals surface area contributed by atoms with Crippen molar-refractivity contribution in [3.05, 3.63) is 17.8 Å². The second kappa shape index (κ2) is 6.33. The van der Waals surface area contributed by atoms with E-state index in [4.69, 9.17) is 9.68 Å². The average molecular weight is 275 g/mol. The van der Waals surface area contributed by atoms with E-state index in [2.05, 4.69) is 10.3 Å². The molecule has 1 atom stereocenters. The Balaban J connectivity index is 2.04. The quantitative estimate of drug-likeness (QED) is 0.667. The smallest absolute Gasteiger partial charge is 0.245 e. The standard InChI is InChI=1S/C14H17N3O3/c1-9-12(16-8-20-9)13(18)11(7-15)14(19)17-10-5-3-2-4-6-10/h8,10-11H,2-6H2,1H3,(H,17,19). The van der Waals surface area contributed by atoms with Crippen molar-refractivity contribution in [3.63, 3.8) is 0 Å². The summed E-state index contributed by atoms with van der Waals surface area (Å²) < 4.78 is 4.94. The lowest BCUT2D eigenvalue weighted by atomic mass is 9.94. The third-order valence-electron chi connectivity index (χ3n) is 3.58. The van der Waals surface area contributed by atoms with Gasteiger partial charge in [-0.3, -0.25) is 9.59 Å². The minimum absolute atomic E-state index is 0.0512. The molecule has 1 N–H and O–H groups in total. The Labute approximate surface area is 117 Å². The molecule has 1 aliphatic carbocycles. The van der Waals surface area contributed by atoms with Crippen LogP contribution in [0.25, 0.3) is 0 Å². The van der Waals surface area contributed by atoms with Gasteiger partial charge in [0.25, 0.3) is 0 Å². The number of nitrogens with one attached hydrogen (secondary N) is 1. The van der Waals surface area contributed by atoms with Gasteiger partial charge in [0.15, 0.2) is 12.3 Å². The summed E-state index contributed by atoms with van der Waals surface area (Å²) >= 11 is 0. The maximum Gasteiger partial charge on any atom is 0.245 e. The van der Waals surface area contributed by atoms with E-state index in [-0.39, 0.29) is 11.7 Å². The van der Waals surface area contributed by atoms with Crippen molar-refractivity contribution < 1.29 is 14.0 Å². The molecular formula is C14H17N3O3. The minimum Gasteiger partial charge on any atom is -0.448 e. The Hall–Kier alpha value is -2.16. The van der Waals surface area contributed by atoms with Gasteiger partial charge < -0.3 is 9.73 Å². The highest BCUT2D eigenvalue weighted by molar-refractivity contribution is 6.11. The largest absolute Gasteiger partial charge is 0.448 e. The monoisotopic (exact) mass is 275 g/mol. The van der Waals surface area contributed by atoms with E-state index in [0.29, 0.717) is 5.76 Å². The van der Waals surface area contributed by atoms with Crippen LogP contribution in [-0.2, 0) is 4.79 Å². The van der Waals surface area contributed by atoms with E-state index in [0.717, 1.165) is 32.1 Å². The fourth-order valence-corrected chi connectivity index (χ4v) is 2.45. The molecule has 1 aliphatic rings. The van der Waals surface area contributed by atoms with Crippen LogP contribution in [0.4, 0.5) is 0 Å². The van der Waals surface area contributed by atoms with Gasteiger partial charge in [-0.15, -0.1) is 0 Å². The number of nitrogens with zero attached hydrogens (tertiary/aromatic N) is 2. The van der Waals surface area contributed by atoms with E-state index >= 15 is 0 Å². The molecule has 6 heteroatoms. The highest BCUT2D eigenvalue weighted by atomic mass is 16.3. The van der Waals surface area contributed by atoms with Crippen molar-refractivity contribution in [2.75, 3.05) is 0 Å². The molecule has 0 aromatic carbocycles. The number of nitriles is 1. The first-order valence-corrected chi connectivity index (χ1v) is 6.77. The van der Waals surface area contributed by atoms with Crippen molar-refractivity contribution in [3.8, 4) is 6.07 Å². The number of rotatable bonds is 4. The lowest BCUT2D eigenvalue weighted by Gasteiger charge is -2.23. The van der Waals surface area contributed by atoms with Gasteiger partial charge in [-0.25, -0.2) is 4.98 Å². The maximum absolute atomic E-state index is 12.1. The Kier molecular flexibility index (Phi) is 4.51. The fourth-order valence-electron chi connectivity index (χ4n) is 2.45. The zero-order valence-electron chi connectivity index (χ0n) is 11.4. The second-order valence-electron chi connectivity index (χ2n) is 5.03. The number of hydrogen-bond donors (Lipinski definition) is 1. The molecule has 1 aromatic heterocycles. The van der Waals surface area contributed by atoms with Crippen LogP contribution < -0.4 is 5.32 Å². The molecule has 20 heavy (non-hydrogen) atoms. The molecule has 0 radical (unpaired) electrons. The first kappa shape index (κ1) is 14.3. The average Bonchev–Trinajstić information content (AvgIpc) is 2.86. The number of carbonyl (C=O) groups is 2. The van der Waals surface area contributed by atoms with Gasteiger partial charge in [0.2, 0.25) is 11.7 Å². The highest BCUT2D eigenvalue weighted by Gasteiger charge is 2.32. The molecule has 0 spiro atoms. The Morgan fingerprint density at radius 1 is 1.45 bits per heavy atom. The Bertz CT molecular complexity index is 538. The first-order chi connectivity index (χ1) is 9.63. The van der Waals surface area contributed by atoms with Crippen molar-refractivity contribution in [1.82, 2.24) is 10.3 Å². The Morgan fingerprint density at radius 3 is 2.70 bits per heavy atom. The van der Waals surface area contributed by atoms with Crippen molar-refractivity contribution in [1.29, 1.82) is 5.26 Å². The summed E-state index contributed by atoms with van der Waals surface area (Å²) in [5.41, 5.74) is 0.0512. The summed E-state index contributed by atoms with van der Waals surface area (Å²) in [6.07, 6.45) is 6.25. The zero-order valence-corrected chi connectivity index (χ0v) is 11.4. The van der Waals surface area contributed by atoms with Crippen LogP contribution in [0.15, 0.2) is 10.8 Å². The fraction of sp³-hybridized carbons (Fsp3) is 0.571. The second-order valence-corrected chi connectivity index (χ2v) is 5.03. The molecule has 1 heterocycles. The lowest BCUT2D eigenvalue weighted by Crippen LogP contribution is -2.42. The van der Waals surface area contributed by atoms with Crippen molar-refractivity contribution >= 4 is 11.7 Å². The van der Waals surface area contributed by atoms with E-state index in [1.165, 1.54) is 6.42 Å². The van der Waals surface area contributed by atoms with Gasteiger partial charge in [0.05, 0.1) is 6.07 Å². The number of aromatic nitrogens is 1. The van der Waals surface area contributed by atoms with Gasteiger partial charge in [-0.2, -0.15) is 5.26 Å². The third kappa shape index (κ3) is 3.05.